The molecule has 0 N–H and O–H groups in total. The fourth-order valence-corrected chi connectivity index (χ4v) is 1.04. The van der Waals surface area contributed by atoms with Crippen LogP contribution < -0.4 is 0 Å². The van der Waals surface area contributed by atoms with E-state index in [1.54, 1.807) is 0 Å². The Morgan fingerprint density at radius 2 is 2.08 bits per heavy atom. The fourth-order valence-electron chi connectivity index (χ4n) is 0.717. The van der Waals surface area contributed by atoms with Crippen molar-refractivity contribution in [2.24, 2.45) is 0 Å². The zero-order valence-electron chi connectivity index (χ0n) is 6.15. The number of hydrogen-bond donors (Lipinski definition) is 0. The lowest BCUT2D eigenvalue weighted by Gasteiger charge is -2.11. The highest BCUT2D eigenvalue weighted by Gasteiger charge is 2.39. The first-order valence-corrected chi connectivity index (χ1v) is 4.01. The molecule has 0 bridgehead atoms. The van der Waals surface area contributed by atoms with Gasteiger partial charge in [0.05, 0.1) is 4.47 Å². The summed E-state index contributed by atoms with van der Waals surface area (Å²) in [4.78, 5) is 0. The average Bonchev–Trinajstić information content (AvgIpc) is 2.32. The van der Waals surface area contributed by atoms with E-state index in [4.69, 9.17) is 0 Å². The van der Waals surface area contributed by atoms with Gasteiger partial charge in [-0.25, -0.2) is 0 Å². The maximum Gasteiger partial charge on any atom is 0.398 e. The standard InChI is InChI=1S/C7H6BrF3O/c1-4(7(9,10)11)6-2-5(8)3-12-6/h2-4H,1H3/t4-/m0/s1. The van der Waals surface area contributed by atoms with Crippen LogP contribution in [0.2, 0.25) is 0 Å². The third-order valence-corrected chi connectivity index (χ3v) is 1.92. The molecule has 0 radical (unpaired) electrons. The van der Waals surface area contributed by atoms with E-state index in [0.717, 1.165) is 6.92 Å². The Morgan fingerprint density at radius 3 is 2.42 bits per heavy atom. The minimum absolute atomic E-state index is 0.0747. The van der Waals surface area contributed by atoms with Crippen molar-refractivity contribution in [1.29, 1.82) is 0 Å². The molecule has 0 aliphatic rings. The Morgan fingerprint density at radius 1 is 1.50 bits per heavy atom. The van der Waals surface area contributed by atoms with E-state index in [1.807, 2.05) is 0 Å². The summed E-state index contributed by atoms with van der Waals surface area (Å²) in [6.45, 7) is 1.06. The third kappa shape index (κ3) is 2.03. The topological polar surface area (TPSA) is 13.1 Å². The van der Waals surface area contributed by atoms with Gasteiger partial charge in [-0.2, -0.15) is 13.2 Å². The Balaban J connectivity index is 2.85. The largest absolute Gasteiger partial charge is 0.468 e. The van der Waals surface area contributed by atoms with Gasteiger partial charge in [-0.05, 0) is 28.9 Å². The molecule has 0 aliphatic heterocycles. The van der Waals surface area contributed by atoms with Crippen LogP contribution in [-0.2, 0) is 0 Å². The van der Waals surface area contributed by atoms with Gasteiger partial charge in [-0.15, -0.1) is 0 Å². The van der Waals surface area contributed by atoms with Crippen LogP contribution in [0.4, 0.5) is 13.2 Å². The van der Waals surface area contributed by atoms with Crippen LogP contribution in [0.1, 0.15) is 18.6 Å². The van der Waals surface area contributed by atoms with Crippen LogP contribution in [0.15, 0.2) is 21.2 Å². The van der Waals surface area contributed by atoms with Crippen LogP contribution in [0, 0.1) is 0 Å². The minimum atomic E-state index is -4.24. The molecule has 0 amide bonds. The average molecular weight is 243 g/mol. The van der Waals surface area contributed by atoms with Crippen molar-refractivity contribution < 1.29 is 17.6 Å². The molecule has 0 aliphatic carbocycles. The molecule has 0 fully saturated rings. The second kappa shape index (κ2) is 3.12. The summed E-state index contributed by atoms with van der Waals surface area (Å²) in [6, 6.07) is 1.32. The zero-order valence-corrected chi connectivity index (χ0v) is 7.74. The number of halogens is 4. The molecule has 68 valence electrons. The fraction of sp³-hybridized carbons (Fsp3) is 0.429. The first-order valence-electron chi connectivity index (χ1n) is 3.22. The van der Waals surface area contributed by atoms with Crippen LogP contribution in [0.5, 0.6) is 0 Å². The number of furan rings is 1. The molecular formula is C7H6BrF3O. The summed E-state index contributed by atoms with van der Waals surface area (Å²) in [7, 11) is 0. The lowest BCUT2D eigenvalue weighted by molar-refractivity contribution is -0.149. The van der Waals surface area contributed by atoms with Gasteiger partial charge in [0.25, 0.3) is 0 Å². The van der Waals surface area contributed by atoms with Crippen molar-refractivity contribution in [3.8, 4) is 0 Å². The second-order valence-electron chi connectivity index (χ2n) is 2.43. The van der Waals surface area contributed by atoms with Gasteiger partial charge in [0.2, 0.25) is 0 Å². The van der Waals surface area contributed by atoms with Crippen molar-refractivity contribution in [2.45, 2.75) is 19.0 Å². The van der Waals surface area contributed by atoms with Gasteiger partial charge in [-0.3, -0.25) is 0 Å². The van der Waals surface area contributed by atoms with E-state index in [0.29, 0.717) is 4.47 Å². The summed E-state index contributed by atoms with van der Waals surface area (Å²) in [5, 5.41) is 0. The molecule has 1 heterocycles. The molecule has 1 aromatic heterocycles. The van der Waals surface area contributed by atoms with E-state index in [-0.39, 0.29) is 5.76 Å². The highest BCUT2D eigenvalue weighted by molar-refractivity contribution is 9.10. The maximum atomic E-state index is 12.1. The van der Waals surface area contributed by atoms with Crippen molar-refractivity contribution in [2.75, 3.05) is 0 Å². The summed E-state index contributed by atoms with van der Waals surface area (Å²) in [5.74, 6) is -1.63. The van der Waals surface area contributed by atoms with E-state index in [2.05, 4.69) is 20.3 Å². The van der Waals surface area contributed by atoms with Crippen molar-refractivity contribution in [3.63, 3.8) is 0 Å². The number of hydrogen-bond acceptors (Lipinski definition) is 1. The van der Waals surface area contributed by atoms with Gasteiger partial charge in [0.1, 0.15) is 17.9 Å². The molecular weight excluding hydrogens is 237 g/mol. The van der Waals surface area contributed by atoms with Gasteiger partial charge in [-0.1, -0.05) is 0 Å². The highest BCUT2D eigenvalue weighted by atomic mass is 79.9. The molecule has 1 rings (SSSR count). The molecule has 12 heavy (non-hydrogen) atoms. The maximum absolute atomic E-state index is 12.1. The lowest BCUT2D eigenvalue weighted by atomic mass is 10.1. The van der Waals surface area contributed by atoms with Crippen LogP contribution >= 0.6 is 15.9 Å². The van der Waals surface area contributed by atoms with Gasteiger partial charge < -0.3 is 4.42 Å². The number of alkyl halides is 3. The zero-order chi connectivity index (χ0) is 9.35. The summed E-state index contributed by atoms with van der Waals surface area (Å²) < 4.78 is 41.4. The molecule has 0 aromatic carbocycles. The Kier molecular flexibility index (Phi) is 2.51. The molecule has 1 atom stereocenters. The third-order valence-electron chi connectivity index (χ3n) is 1.51. The monoisotopic (exact) mass is 242 g/mol. The SMILES string of the molecule is C[C@@H](c1cc(Br)co1)C(F)(F)F. The predicted molar refractivity (Wildman–Crippen MR) is 40.9 cm³/mol. The first-order chi connectivity index (χ1) is 5.41. The number of rotatable bonds is 1. The smallest absolute Gasteiger partial charge is 0.398 e. The summed E-state index contributed by atoms with van der Waals surface area (Å²) in [5.41, 5.74) is 0. The van der Waals surface area contributed by atoms with E-state index in [9.17, 15) is 13.2 Å². The molecule has 0 saturated carbocycles. The van der Waals surface area contributed by atoms with Crippen molar-refractivity contribution in [3.05, 3.63) is 22.6 Å². The van der Waals surface area contributed by atoms with Crippen LogP contribution in [-0.4, -0.2) is 6.18 Å². The van der Waals surface area contributed by atoms with Gasteiger partial charge in [0, 0.05) is 0 Å². The Labute approximate surface area is 75.7 Å². The normalized spacial score (nSPS) is 14.8. The highest BCUT2D eigenvalue weighted by Crippen LogP contribution is 2.35. The molecule has 5 heteroatoms. The predicted octanol–water partition coefficient (Wildman–Crippen LogP) is 3.71. The van der Waals surface area contributed by atoms with E-state index >= 15 is 0 Å². The quantitative estimate of drug-likeness (QED) is 0.732. The van der Waals surface area contributed by atoms with Crippen LogP contribution in [0.25, 0.3) is 0 Å². The van der Waals surface area contributed by atoms with Gasteiger partial charge >= 0.3 is 6.18 Å². The summed E-state index contributed by atoms with van der Waals surface area (Å²) in [6.07, 6.45) is -3.01. The Bertz CT molecular complexity index is 266. The minimum Gasteiger partial charge on any atom is -0.468 e. The molecule has 1 nitrogen and oxygen atoms in total. The van der Waals surface area contributed by atoms with Crippen molar-refractivity contribution in [1.82, 2.24) is 0 Å². The lowest BCUT2D eigenvalue weighted by Crippen LogP contribution is -2.16. The van der Waals surface area contributed by atoms with Gasteiger partial charge in [0.15, 0.2) is 0 Å². The summed E-state index contributed by atoms with van der Waals surface area (Å²) >= 11 is 3.01. The molecule has 0 unspecified atom stereocenters. The van der Waals surface area contributed by atoms with E-state index < -0.39 is 12.1 Å². The first kappa shape index (κ1) is 9.64. The van der Waals surface area contributed by atoms with E-state index in [1.165, 1.54) is 12.3 Å². The second-order valence-corrected chi connectivity index (χ2v) is 3.35. The molecule has 1 aromatic rings. The molecule has 0 saturated heterocycles. The molecule has 0 spiro atoms. The Hall–Kier alpha value is -0.450. The van der Waals surface area contributed by atoms with Crippen LogP contribution in [0.3, 0.4) is 0 Å². The van der Waals surface area contributed by atoms with Crippen molar-refractivity contribution >= 4 is 15.9 Å².